The first kappa shape index (κ1) is 25.5. The van der Waals surface area contributed by atoms with E-state index in [0.717, 1.165) is 77.4 Å². The molecule has 0 spiro atoms. The van der Waals surface area contributed by atoms with Gasteiger partial charge in [0.05, 0.1) is 19.5 Å². The van der Waals surface area contributed by atoms with Crippen molar-refractivity contribution < 1.29 is 13.9 Å². The van der Waals surface area contributed by atoms with Crippen LogP contribution >= 0.6 is 0 Å². The second kappa shape index (κ2) is 12.4. The van der Waals surface area contributed by atoms with E-state index >= 15 is 0 Å². The van der Waals surface area contributed by atoms with Crippen molar-refractivity contribution in [3.8, 4) is 34.1 Å². The summed E-state index contributed by atoms with van der Waals surface area (Å²) in [5.41, 5.74) is 5.00. The lowest BCUT2D eigenvalue weighted by Crippen LogP contribution is -2.05. The van der Waals surface area contributed by atoms with E-state index in [1.807, 2.05) is 23.2 Å². The number of rotatable bonds is 13. The zero-order valence-electron chi connectivity index (χ0n) is 21.9. The Hall–Kier alpha value is -3.54. The number of oxazole rings is 1. The summed E-state index contributed by atoms with van der Waals surface area (Å²) in [5.74, 6) is 2.70. The van der Waals surface area contributed by atoms with Crippen LogP contribution < -0.4 is 9.47 Å². The highest BCUT2D eigenvalue weighted by molar-refractivity contribution is 5.81. The number of imidazole rings is 1. The second-order valence-corrected chi connectivity index (χ2v) is 9.41. The van der Waals surface area contributed by atoms with Gasteiger partial charge in [0.15, 0.2) is 12.2 Å². The molecule has 6 nitrogen and oxygen atoms in total. The molecule has 0 fully saturated rings. The van der Waals surface area contributed by atoms with Gasteiger partial charge in [-0.3, -0.25) is 0 Å². The van der Waals surface area contributed by atoms with E-state index in [-0.39, 0.29) is 0 Å². The molecule has 0 saturated carbocycles. The van der Waals surface area contributed by atoms with Gasteiger partial charge in [-0.15, -0.1) is 0 Å². The second-order valence-electron chi connectivity index (χ2n) is 9.41. The maximum absolute atomic E-state index is 6.30. The van der Waals surface area contributed by atoms with Gasteiger partial charge in [-0.25, -0.2) is 9.97 Å². The van der Waals surface area contributed by atoms with Gasteiger partial charge in [0, 0.05) is 36.1 Å². The van der Waals surface area contributed by atoms with Gasteiger partial charge in [0.1, 0.15) is 17.2 Å². The van der Waals surface area contributed by atoms with E-state index in [1.54, 1.807) is 6.20 Å². The first-order valence-electron chi connectivity index (χ1n) is 13.0. The summed E-state index contributed by atoms with van der Waals surface area (Å²) >= 11 is 0. The molecule has 0 aliphatic heterocycles. The molecule has 0 aliphatic carbocycles. The third-order valence-electron chi connectivity index (χ3n) is 6.18. The van der Waals surface area contributed by atoms with Crippen LogP contribution in [-0.2, 0) is 6.54 Å². The highest BCUT2D eigenvalue weighted by Gasteiger charge is 2.22. The molecule has 0 saturated heterocycles. The van der Waals surface area contributed by atoms with Crippen LogP contribution in [-0.4, -0.2) is 27.7 Å². The van der Waals surface area contributed by atoms with Crippen molar-refractivity contribution in [2.75, 3.05) is 13.2 Å². The number of nitrogens with zero attached hydrogens (tertiary/aromatic N) is 3. The van der Waals surface area contributed by atoms with E-state index in [0.29, 0.717) is 19.1 Å². The van der Waals surface area contributed by atoms with Gasteiger partial charge in [-0.2, -0.15) is 0 Å². The smallest absolute Gasteiger partial charge is 0.182 e. The average molecular weight is 488 g/mol. The van der Waals surface area contributed by atoms with Crippen LogP contribution in [0.4, 0.5) is 0 Å². The Kier molecular flexibility index (Phi) is 8.82. The molecule has 0 atom stereocenters. The molecule has 0 aliphatic rings. The lowest BCUT2D eigenvalue weighted by Gasteiger charge is -2.19. The molecule has 2 aromatic carbocycles. The predicted octanol–water partition coefficient (Wildman–Crippen LogP) is 7.73. The zero-order valence-corrected chi connectivity index (χ0v) is 21.9. The van der Waals surface area contributed by atoms with E-state index < -0.39 is 0 Å². The number of aromatic nitrogens is 3. The summed E-state index contributed by atoms with van der Waals surface area (Å²) in [4.78, 5) is 8.81. The van der Waals surface area contributed by atoms with Crippen molar-refractivity contribution in [1.29, 1.82) is 0 Å². The molecule has 6 heteroatoms. The van der Waals surface area contributed by atoms with Crippen molar-refractivity contribution >= 4 is 0 Å². The Labute approximate surface area is 214 Å². The zero-order chi connectivity index (χ0) is 25.3. The van der Waals surface area contributed by atoms with Crippen LogP contribution in [0.25, 0.3) is 22.6 Å². The largest absolute Gasteiger partial charge is 0.493 e. The minimum Gasteiger partial charge on any atom is -0.493 e. The van der Waals surface area contributed by atoms with Crippen molar-refractivity contribution in [2.45, 2.75) is 65.8 Å². The number of hydrogen-bond acceptors (Lipinski definition) is 5. The summed E-state index contributed by atoms with van der Waals surface area (Å²) in [6, 6.07) is 12.6. The van der Waals surface area contributed by atoms with Gasteiger partial charge in [0.25, 0.3) is 0 Å². The molecule has 36 heavy (non-hydrogen) atoms. The topological polar surface area (TPSA) is 62.3 Å². The molecular weight excluding hydrogens is 450 g/mol. The van der Waals surface area contributed by atoms with E-state index in [1.165, 1.54) is 6.39 Å². The van der Waals surface area contributed by atoms with Gasteiger partial charge in [-0.1, -0.05) is 58.7 Å². The summed E-state index contributed by atoms with van der Waals surface area (Å²) in [7, 11) is 0. The van der Waals surface area contributed by atoms with Crippen LogP contribution in [0.1, 0.15) is 70.4 Å². The van der Waals surface area contributed by atoms with Gasteiger partial charge >= 0.3 is 0 Å². The first-order chi connectivity index (χ1) is 17.6. The highest BCUT2D eigenvalue weighted by atomic mass is 16.5. The summed E-state index contributed by atoms with van der Waals surface area (Å²) < 4.78 is 20.5. The van der Waals surface area contributed by atoms with Crippen LogP contribution in [0.5, 0.6) is 11.5 Å². The SMILES string of the molecule is CCCCOc1cc(OCCCC)c(C(C)C)cc1-c1ncoc1-c1cccc(Cn2ccnc2)c1. The van der Waals surface area contributed by atoms with Gasteiger partial charge in [-0.05, 0) is 42.0 Å². The summed E-state index contributed by atoms with van der Waals surface area (Å²) in [6.45, 7) is 10.8. The monoisotopic (exact) mass is 487 g/mol. The first-order valence-corrected chi connectivity index (χ1v) is 13.0. The molecule has 190 valence electrons. The standard InChI is InChI=1S/C30H37N3O3/c1-5-7-14-34-27-18-28(35-15-8-6-2)26(17-25(27)22(3)4)29-30(36-21-32-29)24-11-9-10-23(16-24)19-33-13-12-31-20-33/h9-13,16-18,20-22H,5-8,14-15,19H2,1-4H3. The Bertz CT molecular complexity index is 1230. The van der Waals surface area contributed by atoms with Crippen molar-refractivity contribution in [3.05, 3.63) is 72.6 Å². The number of ether oxygens (including phenoxy) is 2. The normalized spacial score (nSPS) is 11.2. The lowest BCUT2D eigenvalue weighted by molar-refractivity contribution is 0.292. The molecule has 0 radical (unpaired) electrons. The Morgan fingerprint density at radius 1 is 0.972 bits per heavy atom. The highest BCUT2D eigenvalue weighted by Crippen LogP contribution is 2.42. The van der Waals surface area contributed by atoms with Crippen LogP contribution in [0.15, 0.2) is 65.9 Å². The molecule has 0 unspecified atom stereocenters. The van der Waals surface area contributed by atoms with Crippen LogP contribution in [0, 0.1) is 0 Å². The molecule has 2 aromatic heterocycles. The molecule has 2 heterocycles. The van der Waals surface area contributed by atoms with Gasteiger partial charge < -0.3 is 18.5 Å². The maximum atomic E-state index is 6.30. The Morgan fingerprint density at radius 3 is 2.44 bits per heavy atom. The third-order valence-corrected chi connectivity index (χ3v) is 6.18. The quantitative estimate of drug-likeness (QED) is 0.181. The van der Waals surface area contributed by atoms with Crippen molar-refractivity contribution in [3.63, 3.8) is 0 Å². The van der Waals surface area contributed by atoms with E-state index in [9.17, 15) is 0 Å². The molecule has 4 aromatic rings. The number of hydrogen-bond donors (Lipinski definition) is 0. The maximum Gasteiger partial charge on any atom is 0.182 e. The predicted molar refractivity (Wildman–Crippen MR) is 144 cm³/mol. The molecular formula is C30H37N3O3. The Morgan fingerprint density at radius 2 is 1.75 bits per heavy atom. The van der Waals surface area contributed by atoms with Crippen LogP contribution in [0.3, 0.4) is 0 Å². The number of unbranched alkanes of at least 4 members (excludes halogenated alkanes) is 2. The van der Waals surface area contributed by atoms with E-state index in [2.05, 4.69) is 68.0 Å². The summed E-state index contributed by atoms with van der Waals surface area (Å²) in [6.07, 6.45) is 11.3. The van der Waals surface area contributed by atoms with Gasteiger partial charge in [0.2, 0.25) is 0 Å². The average Bonchev–Trinajstić information content (AvgIpc) is 3.57. The minimum absolute atomic E-state index is 0.291. The molecule has 0 amide bonds. The minimum atomic E-state index is 0.291. The van der Waals surface area contributed by atoms with Crippen LogP contribution in [0.2, 0.25) is 0 Å². The fourth-order valence-corrected chi connectivity index (χ4v) is 4.16. The fraction of sp³-hybridized carbons (Fsp3) is 0.400. The Balaban J connectivity index is 1.74. The number of benzene rings is 2. The van der Waals surface area contributed by atoms with Crippen molar-refractivity contribution in [2.24, 2.45) is 0 Å². The molecule has 0 N–H and O–H groups in total. The lowest BCUT2D eigenvalue weighted by atomic mass is 9.96. The molecule has 0 bridgehead atoms. The molecule has 4 rings (SSSR count). The summed E-state index contributed by atoms with van der Waals surface area (Å²) in [5, 5.41) is 0. The van der Waals surface area contributed by atoms with Crippen molar-refractivity contribution in [1.82, 2.24) is 14.5 Å². The third kappa shape index (κ3) is 6.17. The van der Waals surface area contributed by atoms with E-state index in [4.69, 9.17) is 13.9 Å². The fourth-order valence-electron chi connectivity index (χ4n) is 4.16.